The summed E-state index contributed by atoms with van der Waals surface area (Å²) in [6.45, 7) is 6.59. The van der Waals surface area contributed by atoms with Crippen molar-refractivity contribution in [2.24, 2.45) is 0 Å². The molecule has 0 amide bonds. The quantitative estimate of drug-likeness (QED) is 0.756. The van der Waals surface area contributed by atoms with E-state index in [-0.39, 0.29) is 0 Å². The Labute approximate surface area is 108 Å². The van der Waals surface area contributed by atoms with Gasteiger partial charge in [0.05, 0.1) is 6.10 Å². The molecule has 0 bridgehead atoms. The van der Waals surface area contributed by atoms with Crippen LogP contribution in [-0.2, 0) is 9.47 Å². The third-order valence-corrected chi connectivity index (χ3v) is 2.60. The number of aliphatic hydroxyl groups excluding tert-OH is 1. The van der Waals surface area contributed by atoms with Crippen LogP contribution in [-0.4, -0.2) is 22.9 Å². The van der Waals surface area contributed by atoms with Crippen LogP contribution in [0.1, 0.15) is 51.0 Å². The van der Waals surface area contributed by atoms with Crippen LogP contribution in [0.4, 0.5) is 0 Å². The Hall–Kier alpha value is -1.35. The molecule has 100 valence electrons. The number of aromatic nitrogens is 1. The zero-order valence-electron chi connectivity index (χ0n) is 11.1. The molecule has 1 atom stereocenters. The number of ether oxygens (including phenoxy) is 2. The van der Waals surface area contributed by atoms with Gasteiger partial charge in [0.1, 0.15) is 11.8 Å². The lowest BCUT2D eigenvalue weighted by Gasteiger charge is -2.19. The van der Waals surface area contributed by atoms with Crippen molar-refractivity contribution < 1.29 is 14.6 Å². The minimum atomic E-state index is -0.618. The fraction of sp³-hybridized carbons (Fsp3) is 0.615. The lowest BCUT2D eigenvalue weighted by atomic mass is 10.1. The van der Waals surface area contributed by atoms with Gasteiger partial charge in [0.15, 0.2) is 0 Å². The van der Waals surface area contributed by atoms with Gasteiger partial charge >= 0.3 is 0 Å². The van der Waals surface area contributed by atoms with E-state index in [0.29, 0.717) is 30.9 Å². The third-order valence-electron chi connectivity index (χ3n) is 2.60. The molecule has 0 fully saturated rings. The molecule has 1 heterocycles. The van der Waals surface area contributed by atoms with Crippen molar-refractivity contribution in [3.05, 3.63) is 23.5 Å². The first kappa shape index (κ1) is 14.7. The smallest absolute Gasteiger partial charge is 0.244 e. The van der Waals surface area contributed by atoms with E-state index in [1.54, 1.807) is 16.8 Å². The number of nitriles is 1. The van der Waals surface area contributed by atoms with Crippen LogP contribution in [0.25, 0.3) is 0 Å². The van der Waals surface area contributed by atoms with Gasteiger partial charge in [0, 0.05) is 19.4 Å². The molecular formula is C13H20N2O3. The van der Waals surface area contributed by atoms with E-state index in [0.717, 1.165) is 0 Å². The predicted octanol–water partition coefficient (Wildman–Crippen LogP) is 2.33. The predicted molar refractivity (Wildman–Crippen MR) is 66.7 cm³/mol. The van der Waals surface area contributed by atoms with Crippen molar-refractivity contribution in [3.63, 3.8) is 0 Å². The Kier molecular flexibility index (Phi) is 5.86. The summed E-state index contributed by atoms with van der Waals surface area (Å²) < 4.78 is 12.5. The minimum Gasteiger partial charge on any atom is -0.388 e. The van der Waals surface area contributed by atoms with Crippen molar-refractivity contribution >= 4 is 0 Å². The summed E-state index contributed by atoms with van der Waals surface area (Å²) in [5.41, 5.74) is 1.13. The topological polar surface area (TPSA) is 67.4 Å². The minimum absolute atomic E-state index is 0.421. The Balaban J connectivity index is 3.04. The zero-order valence-corrected chi connectivity index (χ0v) is 11.1. The third kappa shape index (κ3) is 3.33. The second-order valence-electron chi connectivity index (χ2n) is 3.82. The van der Waals surface area contributed by atoms with Crippen LogP contribution in [0, 0.1) is 11.3 Å². The fourth-order valence-electron chi connectivity index (χ4n) is 1.68. The Bertz CT molecular complexity index is 403. The Morgan fingerprint density at radius 2 is 1.94 bits per heavy atom. The monoisotopic (exact) mass is 252 g/mol. The molecule has 1 rings (SSSR count). The van der Waals surface area contributed by atoms with Gasteiger partial charge in [-0.2, -0.15) is 5.26 Å². The SMILES string of the molecule is CCOC(OCC)n1cc(C(O)CC)cc1C#N. The molecule has 1 aromatic heterocycles. The largest absolute Gasteiger partial charge is 0.388 e. The molecule has 18 heavy (non-hydrogen) atoms. The first-order valence-electron chi connectivity index (χ1n) is 6.20. The van der Waals surface area contributed by atoms with Crippen LogP contribution in [0.5, 0.6) is 0 Å². The lowest BCUT2D eigenvalue weighted by Crippen LogP contribution is -2.17. The Morgan fingerprint density at radius 3 is 2.39 bits per heavy atom. The lowest BCUT2D eigenvalue weighted by molar-refractivity contribution is -0.186. The van der Waals surface area contributed by atoms with E-state index in [1.165, 1.54) is 0 Å². The summed E-state index contributed by atoms with van der Waals surface area (Å²) in [6, 6.07) is 3.75. The highest BCUT2D eigenvalue weighted by molar-refractivity contribution is 5.30. The summed E-state index contributed by atoms with van der Waals surface area (Å²) >= 11 is 0. The maximum Gasteiger partial charge on any atom is 0.244 e. The molecule has 0 saturated heterocycles. The van der Waals surface area contributed by atoms with E-state index in [9.17, 15) is 5.11 Å². The second-order valence-corrected chi connectivity index (χ2v) is 3.82. The van der Waals surface area contributed by atoms with E-state index in [1.807, 2.05) is 20.8 Å². The van der Waals surface area contributed by atoms with Crippen LogP contribution in [0.3, 0.4) is 0 Å². The number of nitrogens with zero attached hydrogens (tertiary/aromatic N) is 2. The molecule has 5 heteroatoms. The molecule has 0 spiro atoms. The van der Waals surface area contributed by atoms with Crippen LogP contribution >= 0.6 is 0 Å². The van der Waals surface area contributed by atoms with Crippen LogP contribution < -0.4 is 0 Å². The van der Waals surface area contributed by atoms with Gasteiger partial charge in [-0.05, 0) is 31.9 Å². The molecule has 1 unspecified atom stereocenters. The molecule has 0 radical (unpaired) electrons. The highest BCUT2D eigenvalue weighted by Crippen LogP contribution is 2.23. The van der Waals surface area contributed by atoms with Gasteiger partial charge in [-0.3, -0.25) is 4.57 Å². The number of hydrogen-bond acceptors (Lipinski definition) is 4. The first-order chi connectivity index (χ1) is 8.67. The zero-order chi connectivity index (χ0) is 13.5. The summed E-state index contributed by atoms with van der Waals surface area (Å²) in [5.74, 6) is 0. The van der Waals surface area contributed by atoms with Crippen molar-refractivity contribution in [1.82, 2.24) is 4.57 Å². The fourth-order valence-corrected chi connectivity index (χ4v) is 1.68. The van der Waals surface area contributed by atoms with Gasteiger partial charge in [-0.15, -0.1) is 0 Å². The maximum atomic E-state index is 9.80. The van der Waals surface area contributed by atoms with Gasteiger partial charge in [-0.1, -0.05) is 6.92 Å². The van der Waals surface area contributed by atoms with Crippen molar-refractivity contribution in [2.75, 3.05) is 13.2 Å². The Morgan fingerprint density at radius 1 is 1.33 bits per heavy atom. The molecule has 0 aliphatic heterocycles. The summed E-state index contributed by atoms with van der Waals surface area (Å²) in [6.07, 6.45) is 1.13. The molecule has 5 nitrogen and oxygen atoms in total. The van der Waals surface area contributed by atoms with Crippen molar-refractivity contribution in [1.29, 1.82) is 5.26 Å². The highest BCUT2D eigenvalue weighted by atomic mass is 16.7. The average molecular weight is 252 g/mol. The van der Waals surface area contributed by atoms with Crippen LogP contribution in [0.2, 0.25) is 0 Å². The molecule has 0 aromatic carbocycles. The van der Waals surface area contributed by atoms with Crippen molar-refractivity contribution in [2.45, 2.75) is 39.7 Å². The normalized spacial score (nSPS) is 12.7. The van der Waals surface area contributed by atoms with Crippen molar-refractivity contribution in [3.8, 4) is 6.07 Å². The first-order valence-corrected chi connectivity index (χ1v) is 6.20. The molecule has 1 N–H and O–H groups in total. The molecule has 0 aliphatic rings. The maximum absolute atomic E-state index is 9.80. The summed E-state index contributed by atoms with van der Waals surface area (Å²) in [5, 5.41) is 18.9. The molecule has 0 aliphatic carbocycles. The molecule has 0 saturated carbocycles. The standard InChI is InChI=1S/C13H20N2O3/c1-4-12(16)10-7-11(8-14)15(9-10)13(17-5-2)18-6-3/h7,9,12-13,16H,4-6H2,1-3H3. The van der Waals surface area contributed by atoms with Gasteiger partial charge in [-0.25, -0.2) is 0 Å². The number of rotatable bonds is 7. The summed E-state index contributed by atoms with van der Waals surface area (Å²) in [7, 11) is 0. The van der Waals surface area contributed by atoms with Gasteiger partial charge < -0.3 is 14.6 Å². The van der Waals surface area contributed by atoms with E-state index in [2.05, 4.69) is 6.07 Å². The van der Waals surface area contributed by atoms with Gasteiger partial charge in [0.2, 0.25) is 6.41 Å². The second kappa shape index (κ2) is 7.17. The molecular weight excluding hydrogens is 232 g/mol. The van der Waals surface area contributed by atoms with Gasteiger partial charge in [0.25, 0.3) is 0 Å². The van der Waals surface area contributed by atoms with E-state index in [4.69, 9.17) is 14.7 Å². The van der Waals surface area contributed by atoms with E-state index < -0.39 is 12.5 Å². The van der Waals surface area contributed by atoms with Crippen LogP contribution in [0.15, 0.2) is 12.3 Å². The number of hydrogen-bond donors (Lipinski definition) is 1. The average Bonchev–Trinajstić information content (AvgIpc) is 2.81. The highest BCUT2D eigenvalue weighted by Gasteiger charge is 2.18. The molecule has 1 aromatic rings. The summed E-state index contributed by atoms with van der Waals surface area (Å²) in [4.78, 5) is 0. The number of aliphatic hydroxyl groups is 1. The van der Waals surface area contributed by atoms with E-state index >= 15 is 0 Å².